The van der Waals surface area contributed by atoms with Gasteiger partial charge in [-0.1, -0.05) is 13.0 Å². The molecule has 1 aromatic heterocycles. The monoisotopic (exact) mass is 373 g/mol. The van der Waals surface area contributed by atoms with E-state index in [4.69, 9.17) is 4.98 Å². The van der Waals surface area contributed by atoms with Crippen molar-refractivity contribution in [1.82, 2.24) is 14.8 Å². The van der Waals surface area contributed by atoms with Crippen LogP contribution in [0, 0.1) is 27.7 Å². The number of aryl methyl sites for hydroxylation is 4. The molecule has 2 rings (SSSR count). The molecule has 0 N–H and O–H groups in total. The summed E-state index contributed by atoms with van der Waals surface area (Å²) in [6.45, 7) is 15.8. The number of thiazole rings is 1. The number of aromatic nitrogens is 1. The lowest BCUT2D eigenvalue weighted by Gasteiger charge is -2.23. The molecule has 0 aliphatic carbocycles. The van der Waals surface area contributed by atoms with E-state index in [2.05, 4.69) is 51.8 Å². The molecule has 1 heterocycles. The molecule has 0 fully saturated rings. The lowest BCUT2D eigenvalue weighted by molar-refractivity contribution is 0.0755. The van der Waals surface area contributed by atoms with Crippen molar-refractivity contribution in [2.45, 2.75) is 41.5 Å². The Morgan fingerprint density at radius 2 is 1.65 bits per heavy atom. The molecule has 4 nitrogen and oxygen atoms in total. The molecule has 0 spiro atoms. The first kappa shape index (κ1) is 20.6. The van der Waals surface area contributed by atoms with Gasteiger partial charge in [-0.15, -0.1) is 11.3 Å². The summed E-state index contributed by atoms with van der Waals surface area (Å²) in [4.78, 5) is 22.7. The first-order valence-corrected chi connectivity index (χ1v) is 10.1. The van der Waals surface area contributed by atoms with E-state index < -0.39 is 0 Å². The van der Waals surface area contributed by atoms with E-state index in [1.807, 2.05) is 18.7 Å². The first-order chi connectivity index (χ1) is 12.3. The van der Waals surface area contributed by atoms with Gasteiger partial charge >= 0.3 is 0 Å². The van der Waals surface area contributed by atoms with Crippen LogP contribution in [-0.2, 0) is 0 Å². The third-order valence-electron chi connectivity index (χ3n) is 5.02. The van der Waals surface area contributed by atoms with Gasteiger partial charge in [0.2, 0.25) is 0 Å². The van der Waals surface area contributed by atoms with Crippen molar-refractivity contribution in [3.8, 4) is 10.6 Å². The van der Waals surface area contributed by atoms with Crippen molar-refractivity contribution in [3.63, 3.8) is 0 Å². The van der Waals surface area contributed by atoms with E-state index in [1.54, 1.807) is 0 Å². The van der Waals surface area contributed by atoms with Crippen LogP contribution in [0.1, 0.15) is 45.9 Å². The second kappa shape index (κ2) is 8.78. The molecule has 0 atom stereocenters. The van der Waals surface area contributed by atoms with Crippen molar-refractivity contribution in [2.24, 2.45) is 0 Å². The number of hydrogen-bond acceptors (Lipinski definition) is 4. The molecule has 1 amide bonds. The van der Waals surface area contributed by atoms with Gasteiger partial charge in [-0.2, -0.15) is 0 Å². The number of carbonyl (C=O) groups is 1. The maximum Gasteiger partial charge on any atom is 0.265 e. The van der Waals surface area contributed by atoms with Gasteiger partial charge in [0.1, 0.15) is 9.88 Å². The maximum absolute atomic E-state index is 13.0. The third-order valence-corrected chi connectivity index (χ3v) is 6.20. The topological polar surface area (TPSA) is 36.4 Å². The van der Waals surface area contributed by atoms with E-state index in [9.17, 15) is 4.79 Å². The van der Waals surface area contributed by atoms with E-state index >= 15 is 0 Å². The van der Waals surface area contributed by atoms with Crippen molar-refractivity contribution in [2.75, 3.05) is 33.2 Å². The highest BCUT2D eigenvalue weighted by atomic mass is 32.1. The molecule has 5 heteroatoms. The van der Waals surface area contributed by atoms with Crippen LogP contribution in [0.15, 0.2) is 12.1 Å². The Bertz CT molecular complexity index is 782. The van der Waals surface area contributed by atoms with Crippen LogP contribution in [0.5, 0.6) is 0 Å². The number of benzene rings is 1. The second-order valence-corrected chi connectivity index (χ2v) is 7.96. The number of nitrogens with zero attached hydrogens (tertiary/aromatic N) is 3. The summed E-state index contributed by atoms with van der Waals surface area (Å²) < 4.78 is 0. The summed E-state index contributed by atoms with van der Waals surface area (Å²) in [6.07, 6.45) is 0. The molecule has 2 aromatic rings. The van der Waals surface area contributed by atoms with Crippen molar-refractivity contribution in [1.29, 1.82) is 0 Å². The van der Waals surface area contributed by atoms with Crippen LogP contribution in [0.25, 0.3) is 10.6 Å². The summed E-state index contributed by atoms with van der Waals surface area (Å²) >= 11 is 1.52. The molecule has 0 bridgehead atoms. The highest BCUT2D eigenvalue weighted by Gasteiger charge is 2.22. The molecule has 1 aromatic carbocycles. The lowest BCUT2D eigenvalue weighted by atomic mass is 10.0. The van der Waals surface area contributed by atoms with Gasteiger partial charge in [0.15, 0.2) is 0 Å². The summed E-state index contributed by atoms with van der Waals surface area (Å²) in [7, 11) is 2.08. The van der Waals surface area contributed by atoms with Gasteiger partial charge in [-0.3, -0.25) is 4.79 Å². The molecule has 0 saturated carbocycles. The Kier molecular flexibility index (Phi) is 6.95. The molecule has 0 aliphatic rings. The number of rotatable bonds is 7. The Balaban J connectivity index is 2.29. The van der Waals surface area contributed by atoms with Gasteiger partial charge in [-0.25, -0.2) is 4.98 Å². The molecule has 26 heavy (non-hydrogen) atoms. The minimum absolute atomic E-state index is 0.0970. The van der Waals surface area contributed by atoms with Gasteiger partial charge in [0.05, 0.1) is 5.69 Å². The Morgan fingerprint density at radius 3 is 2.27 bits per heavy atom. The summed E-state index contributed by atoms with van der Waals surface area (Å²) in [5.74, 6) is 0.0970. The Labute approximate surface area is 161 Å². The van der Waals surface area contributed by atoms with Crippen molar-refractivity contribution < 1.29 is 4.79 Å². The summed E-state index contributed by atoms with van der Waals surface area (Å²) in [5.41, 5.74) is 5.71. The van der Waals surface area contributed by atoms with E-state index in [1.165, 1.54) is 28.0 Å². The van der Waals surface area contributed by atoms with Crippen LogP contribution < -0.4 is 0 Å². The fourth-order valence-electron chi connectivity index (χ4n) is 2.90. The highest BCUT2D eigenvalue weighted by Crippen LogP contribution is 2.32. The maximum atomic E-state index is 13.0. The van der Waals surface area contributed by atoms with E-state index in [0.717, 1.165) is 40.8 Å². The zero-order valence-corrected chi connectivity index (χ0v) is 18.0. The fraction of sp³-hybridized carbons (Fsp3) is 0.524. The Morgan fingerprint density at radius 1 is 1.00 bits per heavy atom. The first-order valence-electron chi connectivity index (χ1n) is 9.31. The molecule has 0 radical (unpaired) electrons. The summed E-state index contributed by atoms with van der Waals surface area (Å²) in [5, 5.41) is 0.938. The minimum Gasteiger partial charge on any atom is -0.337 e. The van der Waals surface area contributed by atoms with E-state index in [-0.39, 0.29) is 5.91 Å². The van der Waals surface area contributed by atoms with Gasteiger partial charge in [0.25, 0.3) is 5.91 Å². The molecule has 0 saturated heterocycles. The third kappa shape index (κ3) is 4.51. The van der Waals surface area contributed by atoms with Crippen LogP contribution in [0.3, 0.4) is 0 Å². The van der Waals surface area contributed by atoms with Crippen molar-refractivity contribution in [3.05, 3.63) is 39.4 Å². The van der Waals surface area contributed by atoms with Gasteiger partial charge in [0, 0.05) is 25.2 Å². The largest absolute Gasteiger partial charge is 0.337 e. The fourth-order valence-corrected chi connectivity index (χ4v) is 4.01. The number of carbonyl (C=O) groups excluding carboxylic acids is 1. The smallest absolute Gasteiger partial charge is 0.265 e. The highest BCUT2D eigenvalue weighted by molar-refractivity contribution is 7.17. The number of hydrogen-bond donors (Lipinski definition) is 0. The van der Waals surface area contributed by atoms with Crippen LogP contribution >= 0.6 is 11.3 Å². The molecule has 142 valence electrons. The Hall–Kier alpha value is -1.72. The normalized spacial score (nSPS) is 11.2. The van der Waals surface area contributed by atoms with Gasteiger partial charge < -0.3 is 9.80 Å². The van der Waals surface area contributed by atoms with Crippen molar-refractivity contribution >= 4 is 17.2 Å². The zero-order chi connectivity index (χ0) is 19.4. The average molecular weight is 374 g/mol. The SMILES string of the molecule is CCN(C)CCN(CC)C(=O)c1sc(-c2cc(C)c(C)cc2C)nc1C. The van der Waals surface area contributed by atoms with Crippen LogP contribution in [-0.4, -0.2) is 53.9 Å². The predicted octanol–water partition coefficient (Wildman–Crippen LogP) is 4.46. The van der Waals surface area contributed by atoms with Crippen LogP contribution in [0.4, 0.5) is 0 Å². The summed E-state index contributed by atoms with van der Waals surface area (Å²) in [6, 6.07) is 4.38. The zero-order valence-electron chi connectivity index (χ0n) is 17.1. The minimum atomic E-state index is 0.0970. The quantitative estimate of drug-likeness (QED) is 0.719. The van der Waals surface area contributed by atoms with E-state index in [0.29, 0.717) is 6.54 Å². The molecule has 0 unspecified atom stereocenters. The predicted molar refractivity (Wildman–Crippen MR) is 111 cm³/mol. The lowest BCUT2D eigenvalue weighted by Crippen LogP contribution is -2.37. The molecular formula is C21H31N3OS. The van der Waals surface area contributed by atoms with Gasteiger partial charge in [-0.05, 0) is 71.0 Å². The average Bonchev–Trinajstić information content (AvgIpc) is 2.99. The number of likely N-dealkylation sites (N-methyl/N-ethyl adjacent to an activating group) is 2. The molecular weight excluding hydrogens is 342 g/mol. The number of amides is 1. The van der Waals surface area contributed by atoms with Crippen LogP contribution in [0.2, 0.25) is 0 Å². The molecule has 0 aliphatic heterocycles. The standard InChI is InChI=1S/C21H31N3OS/c1-8-23(7)10-11-24(9-2)21(25)19-17(6)22-20(26-19)18-13-15(4)14(3)12-16(18)5/h12-13H,8-11H2,1-7H3. The second-order valence-electron chi connectivity index (χ2n) is 6.97.